The lowest BCUT2D eigenvalue weighted by atomic mass is 10.1. The van der Waals surface area contributed by atoms with E-state index >= 15 is 0 Å². The second-order valence-electron chi connectivity index (χ2n) is 5.29. The van der Waals surface area contributed by atoms with Gasteiger partial charge in [0.15, 0.2) is 5.96 Å². The second kappa shape index (κ2) is 12.0. The number of hydrogen-bond donors (Lipinski definition) is 2. The molecule has 7 heteroatoms. The Bertz CT molecular complexity index is 579. The van der Waals surface area contributed by atoms with E-state index < -0.39 is 0 Å². The summed E-state index contributed by atoms with van der Waals surface area (Å²) in [5.41, 5.74) is 2.40. The number of nitrogens with one attached hydrogen (secondary N) is 2. The predicted octanol–water partition coefficient (Wildman–Crippen LogP) is 4.40. The molecule has 0 amide bonds. The van der Waals surface area contributed by atoms with Crippen LogP contribution in [0.5, 0.6) is 0 Å². The first-order valence-electron chi connectivity index (χ1n) is 7.90. The maximum atomic E-state index is 6.18. The summed E-state index contributed by atoms with van der Waals surface area (Å²) in [4.78, 5) is 4.58. The van der Waals surface area contributed by atoms with Crippen molar-refractivity contribution in [3.8, 4) is 0 Å². The monoisotopic (exact) mass is 483 g/mol. The van der Waals surface area contributed by atoms with Crippen LogP contribution in [0.4, 0.5) is 0 Å². The molecule has 24 heavy (non-hydrogen) atoms. The molecule has 1 aliphatic heterocycles. The molecule has 1 aliphatic rings. The largest absolute Gasteiger partial charge is 0.377 e. The van der Waals surface area contributed by atoms with Crippen molar-refractivity contribution in [3.63, 3.8) is 0 Å². The smallest absolute Gasteiger partial charge is 0.191 e. The first kappa shape index (κ1) is 21.5. The van der Waals surface area contributed by atoms with Crippen molar-refractivity contribution >= 4 is 53.1 Å². The van der Waals surface area contributed by atoms with Gasteiger partial charge in [0.1, 0.15) is 0 Å². The second-order valence-corrected chi connectivity index (χ2v) is 6.14. The number of rotatable bonds is 6. The number of hydrogen-bond acceptors (Lipinski definition) is 2. The summed E-state index contributed by atoms with van der Waals surface area (Å²) in [5, 5.41) is 7.88. The van der Waals surface area contributed by atoms with Crippen molar-refractivity contribution in [2.75, 3.05) is 26.3 Å². The maximum absolute atomic E-state index is 6.18. The molecular formula is C17H24Cl2IN3O. The maximum Gasteiger partial charge on any atom is 0.191 e. The molecule has 1 aromatic carbocycles. The first-order valence-corrected chi connectivity index (χ1v) is 8.66. The fourth-order valence-corrected chi connectivity index (χ4v) is 2.76. The lowest BCUT2D eigenvalue weighted by Gasteiger charge is -2.15. The highest BCUT2D eigenvalue weighted by atomic mass is 127. The lowest BCUT2D eigenvalue weighted by Crippen LogP contribution is -2.38. The van der Waals surface area contributed by atoms with E-state index in [2.05, 4.69) is 21.7 Å². The Kier molecular flexibility index (Phi) is 10.7. The van der Waals surface area contributed by atoms with Gasteiger partial charge in [-0.1, -0.05) is 40.9 Å². The van der Waals surface area contributed by atoms with Crippen LogP contribution in [0.15, 0.2) is 34.8 Å². The van der Waals surface area contributed by atoms with Crippen LogP contribution >= 0.6 is 47.2 Å². The Balaban J connectivity index is 0.00000288. The molecule has 0 saturated heterocycles. The molecular weight excluding hydrogens is 460 g/mol. The van der Waals surface area contributed by atoms with Gasteiger partial charge in [-0.2, -0.15) is 0 Å². The van der Waals surface area contributed by atoms with Crippen molar-refractivity contribution < 1.29 is 4.74 Å². The van der Waals surface area contributed by atoms with E-state index in [0.29, 0.717) is 16.6 Å². The molecule has 0 spiro atoms. The summed E-state index contributed by atoms with van der Waals surface area (Å²) in [6, 6.07) is 5.48. The van der Waals surface area contributed by atoms with Crippen LogP contribution < -0.4 is 10.6 Å². The summed E-state index contributed by atoms with van der Waals surface area (Å²) < 4.78 is 5.32. The number of benzene rings is 1. The highest BCUT2D eigenvalue weighted by molar-refractivity contribution is 14.0. The SMILES string of the molecule is CCNC(=NCc1ccc(Cl)cc1Cl)NCCC1=CCOCC1.I. The summed E-state index contributed by atoms with van der Waals surface area (Å²) in [6.07, 6.45) is 4.20. The quantitative estimate of drug-likeness (QED) is 0.273. The minimum absolute atomic E-state index is 0. The fraction of sp³-hybridized carbons (Fsp3) is 0.471. The molecule has 2 N–H and O–H groups in total. The molecule has 2 rings (SSSR count). The number of guanidine groups is 1. The van der Waals surface area contributed by atoms with Crippen LogP contribution in [0.2, 0.25) is 10.0 Å². The van der Waals surface area contributed by atoms with Gasteiger partial charge < -0.3 is 15.4 Å². The zero-order chi connectivity index (χ0) is 16.5. The van der Waals surface area contributed by atoms with Gasteiger partial charge in [-0.3, -0.25) is 0 Å². The van der Waals surface area contributed by atoms with E-state index in [-0.39, 0.29) is 24.0 Å². The van der Waals surface area contributed by atoms with Crippen LogP contribution in [-0.4, -0.2) is 32.3 Å². The highest BCUT2D eigenvalue weighted by Crippen LogP contribution is 2.21. The zero-order valence-electron chi connectivity index (χ0n) is 13.8. The van der Waals surface area contributed by atoms with Crippen molar-refractivity contribution in [2.24, 2.45) is 4.99 Å². The molecule has 1 aromatic rings. The third-order valence-electron chi connectivity index (χ3n) is 3.56. The number of halogens is 3. The van der Waals surface area contributed by atoms with E-state index in [1.54, 1.807) is 6.07 Å². The van der Waals surface area contributed by atoms with E-state index in [9.17, 15) is 0 Å². The van der Waals surface area contributed by atoms with Crippen LogP contribution in [0, 0.1) is 0 Å². The summed E-state index contributed by atoms with van der Waals surface area (Å²) in [7, 11) is 0. The number of nitrogens with zero attached hydrogens (tertiary/aromatic N) is 1. The first-order chi connectivity index (χ1) is 11.2. The predicted molar refractivity (Wildman–Crippen MR) is 113 cm³/mol. The van der Waals surface area contributed by atoms with Crippen LogP contribution in [-0.2, 0) is 11.3 Å². The molecule has 0 aliphatic carbocycles. The van der Waals surface area contributed by atoms with Gasteiger partial charge in [-0.05, 0) is 37.5 Å². The van der Waals surface area contributed by atoms with E-state index in [1.165, 1.54) is 5.57 Å². The van der Waals surface area contributed by atoms with Crippen molar-refractivity contribution in [2.45, 2.75) is 26.3 Å². The third kappa shape index (κ3) is 7.59. The minimum atomic E-state index is 0. The van der Waals surface area contributed by atoms with Gasteiger partial charge in [0.25, 0.3) is 0 Å². The molecule has 0 aromatic heterocycles. The zero-order valence-corrected chi connectivity index (χ0v) is 17.6. The van der Waals surface area contributed by atoms with Crippen LogP contribution in [0.1, 0.15) is 25.3 Å². The van der Waals surface area contributed by atoms with E-state index in [4.69, 9.17) is 27.9 Å². The molecule has 134 valence electrons. The Hall–Kier alpha value is -0.500. The minimum Gasteiger partial charge on any atom is -0.377 e. The Labute approximate surface area is 171 Å². The molecule has 1 heterocycles. The van der Waals surface area contributed by atoms with Crippen molar-refractivity contribution in [1.82, 2.24) is 10.6 Å². The molecule has 0 unspecified atom stereocenters. The standard InChI is InChI=1S/C17H23Cl2N3O.HI/c1-2-20-17(21-8-5-13-6-9-23-10-7-13)22-12-14-3-4-15(18)11-16(14)19;/h3-4,6,11H,2,5,7-10,12H2,1H3,(H2,20,21,22);1H. The number of ether oxygens (including phenoxy) is 1. The van der Waals surface area contributed by atoms with Gasteiger partial charge >= 0.3 is 0 Å². The molecule has 0 radical (unpaired) electrons. The summed E-state index contributed by atoms with van der Waals surface area (Å²) in [6.45, 7) is 5.80. The fourth-order valence-electron chi connectivity index (χ4n) is 2.29. The third-order valence-corrected chi connectivity index (χ3v) is 4.15. The van der Waals surface area contributed by atoms with Crippen LogP contribution in [0.3, 0.4) is 0 Å². The lowest BCUT2D eigenvalue weighted by molar-refractivity contribution is 0.153. The Morgan fingerprint density at radius 2 is 2.12 bits per heavy atom. The number of aliphatic imine (C=N–C) groups is 1. The molecule has 0 fully saturated rings. The molecule has 0 bridgehead atoms. The van der Waals surface area contributed by atoms with Gasteiger partial charge in [-0.25, -0.2) is 4.99 Å². The molecule has 0 saturated carbocycles. The summed E-state index contributed by atoms with van der Waals surface area (Å²) >= 11 is 12.1. The normalized spacial score (nSPS) is 14.6. The average molecular weight is 484 g/mol. The van der Waals surface area contributed by atoms with Crippen molar-refractivity contribution in [3.05, 3.63) is 45.5 Å². The van der Waals surface area contributed by atoms with Gasteiger partial charge in [-0.15, -0.1) is 24.0 Å². The van der Waals surface area contributed by atoms with Gasteiger partial charge in [0, 0.05) is 23.1 Å². The summed E-state index contributed by atoms with van der Waals surface area (Å²) in [5.74, 6) is 0.797. The Morgan fingerprint density at radius 1 is 1.29 bits per heavy atom. The Morgan fingerprint density at radius 3 is 2.79 bits per heavy atom. The molecule has 4 nitrogen and oxygen atoms in total. The van der Waals surface area contributed by atoms with E-state index in [1.807, 2.05) is 19.1 Å². The topological polar surface area (TPSA) is 45.7 Å². The van der Waals surface area contributed by atoms with Crippen molar-refractivity contribution in [1.29, 1.82) is 0 Å². The average Bonchev–Trinajstić information content (AvgIpc) is 2.55. The van der Waals surface area contributed by atoms with Crippen LogP contribution in [0.25, 0.3) is 0 Å². The van der Waals surface area contributed by atoms with Gasteiger partial charge in [0.05, 0.1) is 19.8 Å². The highest BCUT2D eigenvalue weighted by Gasteiger charge is 2.05. The van der Waals surface area contributed by atoms with E-state index in [0.717, 1.165) is 50.7 Å². The van der Waals surface area contributed by atoms with Gasteiger partial charge in [0.2, 0.25) is 0 Å². The molecule has 0 atom stereocenters.